The van der Waals surface area contributed by atoms with E-state index in [0.717, 1.165) is 10.2 Å². The number of hydrogen-bond acceptors (Lipinski definition) is 2. The Morgan fingerprint density at radius 1 is 1.17 bits per heavy atom. The minimum absolute atomic E-state index is 0.139. The number of aryl methyl sites for hydroxylation is 1. The zero-order valence-corrected chi connectivity index (χ0v) is 11.9. The number of benzene rings is 2. The van der Waals surface area contributed by atoms with Crippen LogP contribution in [-0.2, 0) is 0 Å². The first kappa shape index (κ1) is 13.1. The molecule has 0 spiro atoms. The molecule has 0 heterocycles. The van der Waals surface area contributed by atoms with E-state index in [9.17, 15) is 0 Å². The Balaban J connectivity index is 2.17. The van der Waals surface area contributed by atoms with Crippen LogP contribution in [0.5, 0.6) is 0 Å². The van der Waals surface area contributed by atoms with Crippen molar-refractivity contribution in [3.05, 3.63) is 64.1 Å². The fourth-order valence-corrected chi connectivity index (χ4v) is 2.26. The molecule has 0 saturated heterocycles. The van der Waals surface area contributed by atoms with Gasteiger partial charge in [0.25, 0.3) is 0 Å². The minimum atomic E-state index is 0.139. The van der Waals surface area contributed by atoms with Gasteiger partial charge >= 0.3 is 0 Å². The number of halogens is 1. The SMILES string of the molecule is Cc1ccc(C(CN)Nc2cccc(Br)c2)cc1. The van der Waals surface area contributed by atoms with Gasteiger partial charge in [0.2, 0.25) is 0 Å². The number of hydrogen-bond donors (Lipinski definition) is 2. The highest BCUT2D eigenvalue weighted by atomic mass is 79.9. The van der Waals surface area contributed by atoms with Gasteiger partial charge in [-0.2, -0.15) is 0 Å². The second-order valence-electron chi connectivity index (χ2n) is 4.35. The van der Waals surface area contributed by atoms with Crippen LogP contribution in [0, 0.1) is 6.92 Å². The maximum Gasteiger partial charge on any atom is 0.0636 e. The molecular formula is C15H17BrN2. The second-order valence-corrected chi connectivity index (χ2v) is 5.27. The van der Waals surface area contributed by atoms with Crippen LogP contribution in [0.25, 0.3) is 0 Å². The second kappa shape index (κ2) is 6.03. The molecule has 2 aromatic rings. The fraction of sp³-hybridized carbons (Fsp3) is 0.200. The first-order chi connectivity index (χ1) is 8.69. The monoisotopic (exact) mass is 304 g/mol. The minimum Gasteiger partial charge on any atom is -0.377 e. The molecule has 0 amide bonds. The molecule has 3 heteroatoms. The predicted molar refractivity (Wildman–Crippen MR) is 80.7 cm³/mol. The van der Waals surface area contributed by atoms with Gasteiger partial charge in [-0.3, -0.25) is 0 Å². The van der Waals surface area contributed by atoms with E-state index in [0.29, 0.717) is 6.54 Å². The third-order valence-electron chi connectivity index (χ3n) is 2.88. The average molecular weight is 305 g/mol. The van der Waals surface area contributed by atoms with Crippen LogP contribution in [0.1, 0.15) is 17.2 Å². The van der Waals surface area contributed by atoms with Crippen molar-refractivity contribution < 1.29 is 0 Å². The summed E-state index contributed by atoms with van der Waals surface area (Å²) in [6.07, 6.45) is 0. The lowest BCUT2D eigenvalue weighted by atomic mass is 10.0. The van der Waals surface area contributed by atoms with Crippen molar-refractivity contribution in [2.75, 3.05) is 11.9 Å². The molecule has 0 aliphatic carbocycles. The van der Waals surface area contributed by atoms with Crippen LogP contribution in [0.3, 0.4) is 0 Å². The van der Waals surface area contributed by atoms with Crippen LogP contribution < -0.4 is 11.1 Å². The zero-order valence-electron chi connectivity index (χ0n) is 10.4. The van der Waals surface area contributed by atoms with E-state index in [-0.39, 0.29) is 6.04 Å². The molecule has 2 nitrogen and oxygen atoms in total. The Morgan fingerprint density at radius 2 is 1.89 bits per heavy atom. The molecule has 1 atom stereocenters. The Kier molecular flexibility index (Phi) is 4.39. The molecule has 2 aromatic carbocycles. The van der Waals surface area contributed by atoms with Gasteiger partial charge in [-0.1, -0.05) is 51.8 Å². The quantitative estimate of drug-likeness (QED) is 0.900. The largest absolute Gasteiger partial charge is 0.377 e. The maximum atomic E-state index is 5.85. The van der Waals surface area contributed by atoms with Gasteiger partial charge < -0.3 is 11.1 Å². The first-order valence-electron chi connectivity index (χ1n) is 5.98. The number of nitrogens with one attached hydrogen (secondary N) is 1. The summed E-state index contributed by atoms with van der Waals surface area (Å²) in [7, 11) is 0. The van der Waals surface area contributed by atoms with Gasteiger partial charge in [0.15, 0.2) is 0 Å². The van der Waals surface area contributed by atoms with Gasteiger partial charge in [-0.25, -0.2) is 0 Å². The smallest absolute Gasteiger partial charge is 0.0636 e. The highest BCUT2D eigenvalue weighted by Crippen LogP contribution is 2.22. The summed E-state index contributed by atoms with van der Waals surface area (Å²) in [5, 5.41) is 3.45. The Morgan fingerprint density at radius 3 is 2.50 bits per heavy atom. The summed E-state index contributed by atoms with van der Waals surface area (Å²) in [6, 6.07) is 16.7. The van der Waals surface area contributed by atoms with E-state index < -0.39 is 0 Å². The summed E-state index contributed by atoms with van der Waals surface area (Å²) in [5.74, 6) is 0. The molecule has 0 aliphatic heterocycles. The lowest BCUT2D eigenvalue weighted by Gasteiger charge is -2.19. The molecule has 94 valence electrons. The third kappa shape index (κ3) is 3.34. The van der Waals surface area contributed by atoms with Gasteiger partial charge in [0, 0.05) is 16.7 Å². The number of rotatable bonds is 4. The van der Waals surface area contributed by atoms with E-state index in [1.165, 1.54) is 11.1 Å². The van der Waals surface area contributed by atoms with Crippen LogP contribution in [0.2, 0.25) is 0 Å². The molecule has 18 heavy (non-hydrogen) atoms. The summed E-state index contributed by atoms with van der Waals surface area (Å²) < 4.78 is 1.06. The van der Waals surface area contributed by atoms with Crippen molar-refractivity contribution in [3.8, 4) is 0 Å². The van der Waals surface area contributed by atoms with Crippen molar-refractivity contribution >= 4 is 21.6 Å². The van der Waals surface area contributed by atoms with E-state index in [1.54, 1.807) is 0 Å². The lowest BCUT2D eigenvalue weighted by Crippen LogP contribution is -2.20. The Labute approximate surface area is 116 Å². The molecule has 0 radical (unpaired) electrons. The summed E-state index contributed by atoms with van der Waals surface area (Å²) in [6.45, 7) is 2.65. The summed E-state index contributed by atoms with van der Waals surface area (Å²) in [5.41, 5.74) is 9.40. The first-order valence-corrected chi connectivity index (χ1v) is 6.77. The number of nitrogens with two attached hydrogens (primary N) is 1. The van der Waals surface area contributed by atoms with Crippen molar-refractivity contribution in [3.63, 3.8) is 0 Å². The topological polar surface area (TPSA) is 38.0 Å². The molecule has 0 aromatic heterocycles. The molecular weight excluding hydrogens is 288 g/mol. The Bertz CT molecular complexity index is 508. The molecule has 0 bridgehead atoms. The summed E-state index contributed by atoms with van der Waals surface area (Å²) in [4.78, 5) is 0. The lowest BCUT2D eigenvalue weighted by molar-refractivity contribution is 0.789. The fourth-order valence-electron chi connectivity index (χ4n) is 1.86. The van der Waals surface area contributed by atoms with Gasteiger partial charge in [0.1, 0.15) is 0 Å². The van der Waals surface area contributed by atoms with Crippen molar-refractivity contribution in [2.24, 2.45) is 5.73 Å². The molecule has 0 fully saturated rings. The van der Waals surface area contributed by atoms with Crippen LogP contribution in [0.15, 0.2) is 53.0 Å². The van der Waals surface area contributed by atoms with Gasteiger partial charge in [-0.05, 0) is 30.7 Å². The molecule has 0 aliphatic rings. The predicted octanol–water partition coefficient (Wildman–Crippen LogP) is 3.87. The molecule has 0 saturated carbocycles. The van der Waals surface area contributed by atoms with Crippen molar-refractivity contribution in [1.82, 2.24) is 0 Å². The molecule has 1 unspecified atom stereocenters. The van der Waals surface area contributed by atoms with Crippen LogP contribution >= 0.6 is 15.9 Å². The highest BCUT2D eigenvalue weighted by Gasteiger charge is 2.09. The van der Waals surface area contributed by atoms with E-state index in [4.69, 9.17) is 5.73 Å². The molecule has 3 N–H and O–H groups in total. The van der Waals surface area contributed by atoms with E-state index >= 15 is 0 Å². The molecule has 2 rings (SSSR count). The van der Waals surface area contributed by atoms with Gasteiger partial charge in [0.05, 0.1) is 6.04 Å². The number of anilines is 1. The van der Waals surface area contributed by atoms with Crippen LogP contribution in [-0.4, -0.2) is 6.54 Å². The Hall–Kier alpha value is -1.32. The summed E-state index contributed by atoms with van der Waals surface area (Å²) >= 11 is 3.47. The normalized spacial score (nSPS) is 12.2. The highest BCUT2D eigenvalue weighted by molar-refractivity contribution is 9.10. The van der Waals surface area contributed by atoms with E-state index in [1.807, 2.05) is 18.2 Å². The average Bonchev–Trinajstić information content (AvgIpc) is 2.37. The van der Waals surface area contributed by atoms with Gasteiger partial charge in [-0.15, -0.1) is 0 Å². The third-order valence-corrected chi connectivity index (χ3v) is 3.37. The standard InChI is InChI=1S/C15H17BrN2/c1-11-5-7-12(8-6-11)15(10-17)18-14-4-2-3-13(16)9-14/h2-9,15,18H,10,17H2,1H3. The van der Waals surface area contributed by atoms with Crippen molar-refractivity contribution in [1.29, 1.82) is 0 Å². The van der Waals surface area contributed by atoms with E-state index in [2.05, 4.69) is 58.5 Å². The zero-order chi connectivity index (χ0) is 13.0. The van der Waals surface area contributed by atoms with Crippen molar-refractivity contribution in [2.45, 2.75) is 13.0 Å². The van der Waals surface area contributed by atoms with Crippen LogP contribution in [0.4, 0.5) is 5.69 Å². The maximum absolute atomic E-state index is 5.85.